The lowest BCUT2D eigenvalue weighted by molar-refractivity contribution is 0.581. The fourth-order valence-corrected chi connectivity index (χ4v) is 4.57. The quantitative estimate of drug-likeness (QED) is 0.897. The number of halogens is 1. The van der Waals surface area contributed by atoms with Crippen LogP contribution in [0.2, 0.25) is 4.34 Å². The molecule has 0 aliphatic heterocycles. The van der Waals surface area contributed by atoms with E-state index in [1.807, 2.05) is 30.6 Å². The van der Waals surface area contributed by atoms with E-state index in [0.717, 1.165) is 28.5 Å². The number of hydrogen-bond acceptors (Lipinski definition) is 5. The first-order valence-corrected chi connectivity index (χ1v) is 8.83. The van der Waals surface area contributed by atoms with E-state index in [0.29, 0.717) is 4.34 Å². The highest BCUT2D eigenvalue weighted by atomic mass is 35.5. The van der Waals surface area contributed by atoms with Gasteiger partial charge < -0.3 is 9.47 Å². The second kappa shape index (κ2) is 5.96. The Hall–Kier alpha value is -1.09. The van der Waals surface area contributed by atoms with Crippen LogP contribution in [0.15, 0.2) is 16.5 Å². The molecule has 0 atom stereocenters. The zero-order chi connectivity index (χ0) is 15.8. The number of imidazole rings is 1. The SMILES string of the molecule is Cc1cc(S(=O)(=O)NCc2cnc(N(C)C)n2C)sc1Cl. The van der Waals surface area contributed by atoms with Crippen molar-refractivity contribution in [3.63, 3.8) is 0 Å². The molecular formula is C12H17ClN4O2S2. The van der Waals surface area contributed by atoms with E-state index in [1.54, 1.807) is 19.2 Å². The van der Waals surface area contributed by atoms with Crippen molar-refractivity contribution in [3.05, 3.63) is 27.9 Å². The molecule has 0 bridgehead atoms. The summed E-state index contributed by atoms with van der Waals surface area (Å²) >= 11 is 6.98. The van der Waals surface area contributed by atoms with Crippen molar-refractivity contribution < 1.29 is 8.42 Å². The summed E-state index contributed by atoms with van der Waals surface area (Å²) in [6.07, 6.45) is 1.66. The number of nitrogens with zero attached hydrogens (tertiary/aromatic N) is 3. The number of rotatable bonds is 5. The summed E-state index contributed by atoms with van der Waals surface area (Å²) < 4.78 is 29.6. The van der Waals surface area contributed by atoms with Gasteiger partial charge in [0.25, 0.3) is 0 Å². The first-order valence-electron chi connectivity index (χ1n) is 6.16. The maximum atomic E-state index is 12.2. The van der Waals surface area contributed by atoms with Crippen molar-refractivity contribution in [1.29, 1.82) is 0 Å². The van der Waals surface area contributed by atoms with Crippen LogP contribution in [0.25, 0.3) is 0 Å². The molecule has 2 heterocycles. The summed E-state index contributed by atoms with van der Waals surface area (Å²) in [5.74, 6) is 0.763. The highest BCUT2D eigenvalue weighted by molar-refractivity contribution is 7.91. The summed E-state index contributed by atoms with van der Waals surface area (Å²) in [4.78, 5) is 6.10. The minimum atomic E-state index is -3.56. The molecule has 0 amide bonds. The van der Waals surface area contributed by atoms with Crippen LogP contribution >= 0.6 is 22.9 Å². The molecule has 0 unspecified atom stereocenters. The average molecular weight is 349 g/mol. The van der Waals surface area contributed by atoms with Gasteiger partial charge in [0.15, 0.2) is 0 Å². The lowest BCUT2D eigenvalue weighted by atomic mass is 10.4. The van der Waals surface area contributed by atoms with Crippen LogP contribution in [0.3, 0.4) is 0 Å². The molecule has 0 saturated carbocycles. The summed E-state index contributed by atoms with van der Waals surface area (Å²) in [6, 6.07) is 1.57. The summed E-state index contributed by atoms with van der Waals surface area (Å²) in [5.41, 5.74) is 1.54. The minimum Gasteiger partial charge on any atom is -0.348 e. The van der Waals surface area contributed by atoms with Crippen LogP contribution in [0.1, 0.15) is 11.3 Å². The molecule has 0 radical (unpaired) electrons. The van der Waals surface area contributed by atoms with Gasteiger partial charge in [0, 0.05) is 21.1 Å². The van der Waals surface area contributed by atoms with Gasteiger partial charge in [0.1, 0.15) is 4.21 Å². The molecule has 0 aliphatic rings. The Labute approximate surface area is 133 Å². The molecule has 0 aliphatic carbocycles. The molecule has 0 fully saturated rings. The van der Waals surface area contributed by atoms with Crippen LogP contribution in [-0.2, 0) is 23.6 Å². The highest BCUT2D eigenvalue weighted by Crippen LogP contribution is 2.30. The van der Waals surface area contributed by atoms with Gasteiger partial charge in [-0.2, -0.15) is 0 Å². The van der Waals surface area contributed by atoms with E-state index in [1.165, 1.54) is 0 Å². The molecule has 0 saturated heterocycles. The third kappa shape index (κ3) is 3.39. The van der Waals surface area contributed by atoms with Crippen molar-refractivity contribution in [2.45, 2.75) is 17.7 Å². The smallest absolute Gasteiger partial charge is 0.250 e. The Balaban J connectivity index is 2.15. The van der Waals surface area contributed by atoms with Crippen LogP contribution in [0, 0.1) is 6.92 Å². The van der Waals surface area contributed by atoms with Gasteiger partial charge in [-0.25, -0.2) is 18.1 Å². The molecule has 6 nitrogen and oxygen atoms in total. The van der Waals surface area contributed by atoms with Crippen molar-refractivity contribution in [2.75, 3.05) is 19.0 Å². The van der Waals surface area contributed by atoms with Gasteiger partial charge >= 0.3 is 0 Å². The van der Waals surface area contributed by atoms with Gasteiger partial charge in [-0.1, -0.05) is 11.6 Å². The standard InChI is InChI=1S/C12H17ClN4O2S2/c1-8-5-10(20-11(8)13)21(18,19)15-7-9-6-14-12(16(2)3)17(9)4/h5-6,15H,7H2,1-4H3. The largest absolute Gasteiger partial charge is 0.348 e. The van der Waals surface area contributed by atoms with E-state index in [2.05, 4.69) is 9.71 Å². The average Bonchev–Trinajstić information content (AvgIpc) is 2.92. The summed E-state index contributed by atoms with van der Waals surface area (Å²) in [5, 5.41) is 0. The van der Waals surface area contributed by atoms with E-state index >= 15 is 0 Å². The molecule has 0 aromatic carbocycles. The number of anilines is 1. The lowest BCUT2D eigenvalue weighted by Crippen LogP contribution is -2.24. The van der Waals surface area contributed by atoms with Gasteiger partial charge in [0.2, 0.25) is 16.0 Å². The van der Waals surface area contributed by atoms with Gasteiger partial charge in [0.05, 0.1) is 22.8 Å². The molecule has 21 heavy (non-hydrogen) atoms. The van der Waals surface area contributed by atoms with Crippen LogP contribution in [-0.4, -0.2) is 32.1 Å². The number of sulfonamides is 1. The van der Waals surface area contributed by atoms with Gasteiger partial charge in [-0.05, 0) is 18.6 Å². The van der Waals surface area contributed by atoms with E-state index in [-0.39, 0.29) is 10.8 Å². The minimum absolute atomic E-state index is 0.175. The zero-order valence-electron chi connectivity index (χ0n) is 12.2. The second-order valence-corrected chi connectivity index (χ2v) is 8.50. The maximum Gasteiger partial charge on any atom is 0.250 e. The van der Waals surface area contributed by atoms with Crippen molar-refractivity contribution in [1.82, 2.24) is 14.3 Å². The molecule has 2 aromatic heterocycles. The van der Waals surface area contributed by atoms with Crippen molar-refractivity contribution >= 4 is 38.9 Å². The molecule has 2 rings (SSSR count). The number of aromatic nitrogens is 2. The number of thiophene rings is 1. The van der Waals surface area contributed by atoms with Crippen LogP contribution < -0.4 is 9.62 Å². The fraction of sp³-hybridized carbons (Fsp3) is 0.417. The Bertz CT molecular complexity index is 730. The van der Waals surface area contributed by atoms with E-state index in [9.17, 15) is 8.42 Å². The third-order valence-electron chi connectivity index (χ3n) is 3.00. The third-order valence-corrected chi connectivity index (χ3v) is 6.43. The maximum absolute atomic E-state index is 12.2. The Morgan fingerprint density at radius 2 is 2.14 bits per heavy atom. The molecule has 2 aromatic rings. The Morgan fingerprint density at radius 1 is 1.48 bits per heavy atom. The molecule has 116 valence electrons. The molecule has 1 N–H and O–H groups in total. The topological polar surface area (TPSA) is 67.2 Å². The second-order valence-electron chi connectivity index (χ2n) is 4.85. The first kappa shape index (κ1) is 16.3. The fourth-order valence-electron chi connectivity index (χ4n) is 1.82. The molecule has 0 spiro atoms. The Morgan fingerprint density at radius 3 is 2.62 bits per heavy atom. The monoisotopic (exact) mass is 348 g/mol. The number of hydrogen-bond donors (Lipinski definition) is 1. The number of aryl methyl sites for hydroxylation is 1. The van der Waals surface area contributed by atoms with Crippen LogP contribution in [0.4, 0.5) is 5.95 Å². The normalized spacial score (nSPS) is 11.9. The number of nitrogens with one attached hydrogen (secondary N) is 1. The van der Waals surface area contributed by atoms with E-state index in [4.69, 9.17) is 11.6 Å². The summed E-state index contributed by atoms with van der Waals surface area (Å²) in [7, 11) is 2.05. The Kier molecular flexibility index (Phi) is 4.62. The lowest BCUT2D eigenvalue weighted by Gasteiger charge is -2.12. The van der Waals surface area contributed by atoms with Crippen LogP contribution in [0.5, 0.6) is 0 Å². The predicted octanol–water partition coefficient (Wildman–Crippen LogP) is 1.99. The van der Waals surface area contributed by atoms with Crippen molar-refractivity contribution in [3.8, 4) is 0 Å². The molecule has 9 heteroatoms. The molecular weight excluding hydrogens is 332 g/mol. The predicted molar refractivity (Wildman–Crippen MR) is 85.6 cm³/mol. The summed E-state index contributed by atoms with van der Waals surface area (Å²) in [6.45, 7) is 1.95. The van der Waals surface area contributed by atoms with Crippen molar-refractivity contribution in [2.24, 2.45) is 7.05 Å². The highest BCUT2D eigenvalue weighted by Gasteiger charge is 2.19. The first-order chi connectivity index (χ1) is 9.72. The zero-order valence-corrected chi connectivity index (χ0v) is 14.6. The van der Waals surface area contributed by atoms with Gasteiger partial charge in [-0.15, -0.1) is 11.3 Å². The van der Waals surface area contributed by atoms with Gasteiger partial charge in [-0.3, -0.25) is 0 Å². The van der Waals surface area contributed by atoms with E-state index < -0.39 is 10.0 Å².